The molecule has 25 heavy (non-hydrogen) atoms. The maximum absolute atomic E-state index is 12.3. The fraction of sp³-hybridized carbons (Fsp3) is 0.250. The summed E-state index contributed by atoms with van der Waals surface area (Å²) in [6.45, 7) is 2.47. The first kappa shape index (κ1) is 16.7. The number of nitriles is 1. The van der Waals surface area contributed by atoms with Crippen LogP contribution in [0, 0.1) is 24.2 Å². The minimum absolute atomic E-state index is 0.0656. The number of hydrogen-bond acceptors (Lipinski definition) is 4. The third-order valence-electron chi connectivity index (χ3n) is 4.27. The lowest BCUT2D eigenvalue weighted by Gasteiger charge is -2.16. The second kappa shape index (κ2) is 7.18. The van der Waals surface area contributed by atoms with Gasteiger partial charge in [0, 0.05) is 18.7 Å². The lowest BCUT2D eigenvalue weighted by Crippen LogP contribution is -2.26. The van der Waals surface area contributed by atoms with Crippen LogP contribution in [-0.2, 0) is 20.9 Å². The van der Waals surface area contributed by atoms with Crippen molar-refractivity contribution in [3.05, 3.63) is 65.2 Å². The summed E-state index contributed by atoms with van der Waals surface area (Å²) in [5.41, 5.74) is 3.30. The molecule has 3 rings (SSSR count). The zero-order valence-corrected chi connectivity index (χ0v) is 13.9. The van der Waals surface area contributed by atoms with Crippen LogP contribution in [0.5, 0.6) is 0 Å². The molecule has 2 aromatic rings. The SMILES string of the molecule is Cc1ccc(N2C[C@@H](C(=O)OCc3ccc(C#N)cc3)CC2=O)cc1. The van der Waals surface area contributed by atoms with Gasteiger partial charge in [-0.2, -0.15) is 5.26 Å². The van der Waals surface area contributed by atoms with Crippen molar-refractivity contribution >= 4 is 17.6 Å². The summed E-state index contributed by atoms with van der Waals surface area (Å²) in [5, 5.41) is 8.78. The third kappa shape index (κ3) is 3.86. The normalized spacial score (nSPS) is 16.6. The number of nitrogens with zero attached hydrogens (tertiary/aromatic N) is 2. The van der Waals surface area contributed by atoms with E-state index in [0.29, 0.717) is 12.1 Å². The Morgan fingerprint density at radius 1 is 1.20 bits per heavy atom. The molecule has 0 spiro atoms. The highest BCUT2D eigenvalue weighted by molar-refractivity contribution is 5.99. The van der Waals surface area contributed by atoms with E-state index in [9.17, 15) is 9.59 Å². The Kier molecular flexibility index (Phi) is 4.80. The lowest BCUT2D eigenvalue weighted by molar-refractivity contribution is -0.149. The minimum atomic E-state index is -0.452. The van der Waals surface area contributed by atoms with Gasteiger partial charge in [-0.3, -0.25) is 9.59 Å². The van der Waals surface area contributed by atoms with Crippen LogP contribution in [-0.4, -0.2) is 18.4 Å². The van der Waals surface area contributed by atoms with Crippen LogP contribution in [0.25, 0.3) is 0 Å². The van der Waals surface area contributed by atoms with E-state index in [-0.39, 0.29) is 24.9 Å². The quantitative estimate of drug-likeness (QED) is 0.806. The van der Waals surface area contributed by atoms with E-state index in [0.717, 1.165) is 16.8 Å². The maximum atomic E-state index is 12.3. The van der Waals surface area contributed by atoms with Crippen molar-refractivity contribution in [2.45, 2.75) is 20.0 Å². The van der Waals surface area contributed by atoms with Gasteiger partial charge in [0.05, 0.1) is 17.6 Å². The van der Waals surface area contributed by atoms with Crippen LogP contribution in [0.2, 0.25) is 0 Å². The topological polar surface area (TPSA) is 70.4 Å². The summed E-state index contributed by atoms with van der Waals surface area (Å²) in [6.07, 6.45) is 0.167. The van der Waals surface area contributed by atoms with Gasteiger partial charge in [0.15, 0.2) is 0 Å². The average molecular weight is 334 g/mol. The first-order valence-corrected chi connectivity index (χ1v) is 8.09. The van der Waals surface area contributed by atoms with E-state index in [1.807, 2.05) is 37.3 Å². The maximum Gasteiger partial charge on any atom is 0.311 e. The van der Waals surface area contributed by atoms with Gasteiger partial charge in [-0.25, -0.2) is 0 Å². The summed E-state index contributed by atoms with van der Waals surface area (Å²) < 4.78 is 5.34. The van der Waals surface area contributed by atoms with Crippen molar-refractivity contribution in [1.29, 1.82) is 5.26 Å². The lowest BCUT2D eigenvalue weighted by atomic mass is 10.1. The van der Waals surface area contributed by atoms with E-state index < -0.39 is 5.92 Å². The van der Waals surface area contributed by atoms with Crippen molar-refractivity contribution in [1.82, 2.24) is 0 Å². The number of rotatable bonds is 4. The van der Waals surface area contributed by atoms with E-state index in [1.54, 1.807) is 29.2 Å². The summed E-state index contributed by atoms with van der Waals surface area (Å²) in [6, 6.07) is 16.6. The molecule has 0 aromatic heterocycles. The van der Waals surface area contributed by atoms with Crippen molar-refractivity contribution in [3.8, 4) is 6.07 Å². The number of aryl methyl sites for hydroxylation is 1. The molecule has 1 fully saturated rings. The fourth-order valence-corrected chi connectivity index (χ4v) is 2.79. The van der Waals surface area contributed by atoms with Crippen LogP contribution in [0.3, 0.4) is 0 Å². The highest BCUT2D eigenvalue weighted by Crippen LogP contribution is 2.26. The molecule has 1 amide bonds. The number of hydrogen-bond donors (Lipinski definition) is 0. The van der Waals surface area contributed by atoms with E-state index in [1.165, 1.54) is 0 Å². The minimum Gasteiger partial charge on any atom is -0.461 e. The molecule has 0 aliphatic carbocycles. The molecule has 1 saturated heterocycles. The number of benzene rings is 2. The van der Waals surface area contributed by atoms with E-state index in [2.05, 4.69) is 0 Å². The molecule has 2 aromatic carbocycles. The molecule has 5 heteroatoms. The van der Waals surface area contributed by atoms with Crippen molar-refractivity contribution in [2.75, 3.05) is 11.4 Å². The molecule has 5 nitrogen and oxygen atoms in total. The van der Waals surface area contributed by atoms with E-state index in [4.69, 9.17) is 10.00 Å². The molecule has 0 bridgehead atoms. The number of carbonyl (C=O) groups is 2. The summed E-state index contributed by atoms with van der Waals surface area (Å²) in [5.74, 6) is -0.885. The van der Waals surface area contributed by atoms with Crippen LogP contribution >= 0.6 is 0 Å². The molecular formula is C20H18N2O3. The molecule has 0 N–H and O–H groups in total. The standard InChI is InChI=1S/C20H18N2O3/c1-14-2-8-18(9-3-14)22-12-17(10-19(22)23)20(24)25-13-16-6-4-15(11-21)5-7-16/h2-9,17H,10,12-13H2,1H3/t17-/m0/s1. The molecule has 1 aliphatic heterocycles. The molecule has 126 valence electrons. The van der Waals surface area contributed by atoms with Crippen molar-refractivity contribution in [2.24, 2.45) is 5.92 Å². The Morgan fingerprint density at radius 3 is 2.52 bits per heavy atom. The van der Waals surface area contributed by atoms with Crippen LogP contribution in [0.4, 0.5) is 5.69 Å². The molecule has 0 unspecified atom stereocenters. The molecule has 1 heterocycles. The number of amides is 1. The Hall–Kier alpha value is -3.13. The fourth-order valence-electron chi connectivity index (χ4n) is 2.79. The second-order valence-electron chi connectivity index (χ2n) is 6.16. The third-order valence-corrected chi connectivity index (χ3v) is 4.27. The largest absolute Gasteiger partial charge is 0.461 e. The monoisotopic (exact) mass is 334 g/mol. The molecule has 1 atom stereocenters. The predicted octanol–water partition coefficient (Wildman–Crippen LogP) is 2.96. The Labute approximate surface area is 146 Å². The Balaban J connectivity index is 1.58. The highest BCUT2D eigenvalue weighted by Gasteiger charge is 2.36. The van der Waals surface area contributed by atoms with Crippen molar-refractivity contribution < 1.29 is 14.3 Å². The summed E-state index contributed by atoms with van der Waals surface area (Å²) in [7, 11) is 0. The van der Waals surface area contributed by atoms with Gasteiger partial charge in [0.2, 0.25) is 5.91 Å². The smallest absolute Gasteiger partial charge is 0.311 e. The van der Waals surface area contributed by atoms with Crippen molar-refractivity contribution in [3.63, 3.8) is 0 Å². The predicted molar refractivity (Wildman–Crippen MR) is 92.6 cm³/mol. The van der Waals surface area contributed by atoms with Crippen LogP contribution in [0.1, 0.15) is 23.1 Å². The molecule has 0 saturated carbocycles. The molecule has 0 radical (unpaired) electrons. The molecular weight excluding hydrogens is 316 g/mol. The van der Waals surface area contributed by atoms with Gasteiger partial charge < -0.3 is 9.64 Å². The van der Waals surface area contributed by atoms with Gasteiger partial charge in [0.1, 0.15) is 6.61 Å². The van der Waals surface area contributed by atoms with Gasteiger partial charge in [-0.1, -0.05) is 29.8 Å². The zero-order valence-electron chi connectivity index (χ0n) is 13.9. The van der Waals surface area contributed by atoms with E-state index >= 15 is 0 Å². The van der Waals surface area contributed by atoms with Crippen LogP contribution < -0.4 is 4.90 Å². The van der Waals surface area contributed by atoms with Gasteiger partial charge in [0.25, 0.3) is 0 Å². The zero-order chi connectivity index (χ0) is 17.8. The average Bonchev–Trinajstić information content (AvgIpc) is 3.02. The van der Waals surface area contributed by atoms with Gasteiger partial charge >= 0.3 is 5.97 Å². The van der Waals surface area contributed by atoms with Gasteiger partial charge in [-0.15, -0.1) is 0 Å². The Bertz CT molecular complexity index is 820. The highest BCUT2D eigenvalue weighted by atomic mass is 16.5. The first-order chi connectivity index (χ1) is 12.1. The number of anilines is 1. The Morgan fingerprint density at radius 2 is 1.88 bits per heavy atom. The first-order valence-electron chi connectivity index (χ1n) is 8.09. The van der Waals surface area contributed by atoms with Crippen LogP contribution in [0.15, 0.2) is 48.5 Å². The number of carbonyl (C=O) groups excluding carboxylic acids is 2. The summed E-state index contributed by atoms with van der Waals surface area (Å²) in [4.78, 5) is 26.1. The number of ether oxygens (including phenoxy) is 1. The second-order valence-corrected chi connectivity index (χ2v) is 6.16. The number of esters is 1. The summed E-state index contributed by atoms with van der Waals surface area (Å²) >= 11 is 0. The molecule has 1 aliphatic rings. The van der Waals surface area contributed by atoms with Gasteiger partial charge in [-0.05, 0) is 36.8 Å².